The highest BCUT2D eigenvalue weighted by molar-refractivity contribution is 7.91. The molecule has 0 aliphatic heterocycles. The number of rotatable bonds is 19. The summed E-state index contributed by atoms with van der Waals surface area (Å²) in [4.78, 5) is 12.6. The summed E-state index contributed by atoms with van der Waals surface area (Å²) in [7, 11) is 15.9. The molecule has 10 aromatic rings. The van der Waals surface area contributed by atoms with Gasteiger partial charge in [-0.15, -0.1) is 0 Å². The van der Waals surface area contributed by atoms with Crippen LogP contribution in [0.5, 0.6) is 80.5 Å². The maximum absolute atomic E-state index is 12.4. The first-order chi connectivity index (χ1) is 43.7. The Hall–Kier alpha value is -10.8. The predicted octanol–water partition coefficient (Wildman–Crippen LogP) is 15.7. The van der Waals surface area contributed by atoms with Gasteiger partial charge in [0.1, 0.15) is 80.5 Å². The quantitative estimate of drug-likeness (QED) is 0.0700. The second-order valence-corrected chi connectivity index (χ2v) is 20.3. The number of hydrogen-bond donors (Lipinski definition) is 0. The molecule has 0 aromatic heterocycles. The highest BCUT2D eigenvalue weighted by Gasteiger charge is 2.18. The molecule has 0 radical (unpaired) electrons. The second kappa shape index (κ2) is 37.7. The molecule has 0 aliphatic rings. The third-order valence-corrected chi connectivity index (χ3v) is 14.7. The van der Waals surface area contributed by atoms with Crippen molar-refractivity contribution in [2.24, 2.45) is 0 Å². The average molecular weight is 1240 g/mol. The Morgan fingerprint density at radius 1 is 0.233 bits per heavy atom. The van der Waals surface area contributed by atoms with E-state index in [0.717, 1.165) is 69.0 Å². The largest absolute Gasteiger partial charge is 0.497 e. The predicted molar refractivity (Wildman–Crippen MR) is 351 cm³/mol. The highest BCUT2D eigenvalue weighted by Crippen LogP contribution is 2.28. The molecule has 0 saturated carbocycles. The van der Waals surface area contributed by atoms with Crippen molar-refractivity contribution in [3.8, 4) is 91.6 Å². The fourth-order valence-electron chi connectivity index (χ4n) is 7.73. The van der Waals surface area contributed by atoms with Crippen LogP contribution < -0.4 is 61.6 Å². The van der Waals surface area contributed by atoms with Crippen molar-refractivity contribution in [2.75, 3.05) is 85.3 Å². The van der Waals surface area contributed by atoms with E-state index < -0.39 is 9.84 Å². The van der Waals surface area contributed by atoms with Gasteiger partial charge in [0, 0.05) is 17.2 Å². The Labute approximate surface area is 528 Å². The van der Waals surface area contributed by atoms with Crippen LogP contribution in [0.1, 0.15) is 15.9 Å². The molecular weight excluding hydrogens is 1160 g/mol. The molecule has 0 saturated heterocycles. The summed E-state index contributed by atoms with van der Waals surface area (Å²) in [5.41, 5.74) is 3.62. The molecule has 470 valence electrons. The number of benzene rings is 10. The van der Waals surface area contributed by atoms with E-state index in [1.807, 2.05) is 146 Å². The minimum absolute atomic E-state index is 0.0136. The third kappa shape index (κ3) is 22.5. The molecule has 16 nitrogen and oxygen atoms in total. The van der Waals surface area contributed by atoms with Crippen molar-refractivity contribution in [2.45, 2.75) is 9.79 Å². The van der Waals surface area contributed by atoms with Crippen LogP contribution in [0.2, 0.25) is 0 Å². The number of methoxy groups -OCH3 is 12. The first-order valence-electron chi connectivity index (χ1n) is 27.7. The van der Waals surface area contributed by atoms with E-state index in [4.69, 9.17) is 61.6 Å². The monoisotopic (exact) mass is 1240 g/mol. The molecule has 90 heavy (non-hydrogen) atoms. The Morgan fingerprint density at radius 2 is 0.422 bits per heavy atom. The van der Waals surface area contributed by atoms with Crippen LogP contribution in [0.3, 0.4) is 0 Å². The number of ketones is 1. The molecular formula is C73H76O16S. The number of carbonyl (C=O) groups is 1. The maximum atomic E-state index is 12.4. The van der Waals surface area contributed by atoms with Gasteiger partial charge in [0.15, 0.2) is 5.78 Å². The lowest BCUT2D eigenvalue weighted by Crippen LogP contribution is -2.01. The normalized spacial score (nSPS) is 9.91. The number of carbonyl (C=O) groups excluding carboxylic acids is 1. The molecule has 10 aromatic carbocycles. The zero-order valence-electron chi connectivity index (χ0n) is 52.5. The molecule has 10 rings (SSSR count). The number of ether oxygens (including phenoxy) is 13. The van der Waals surface area contributed by atoms with E-state index in [1.165, 1.54) is 49.6 Å². The zero-order valence-corrected chi connectivity index (χ0v) is 53.4. The van der Waals surface area contributed by atoms with Crippen LogP contribution in [0.4, 0.5) is 0 Å². The number of sulfone groups is 1. The lowest BCUT2D eigenvalue weighted by atomic mass is 10.0. The van der Waals surface area contributed by atoms with Crippen molar-refractivity contribution < 1.29 is 74.8 Å². The van der Waals surface area contributed by atoms with Gasteiger partial charge in [0.05, 0.1) is 95.1 Å². The topological polar surface area (TPSA) is 171 Å². The molecule has 0 aliphatic carbocycles. The molecule has 0 amide bonds. The van der Waals surface area contributed by atoms with Gasteiger partial charge in [-0.1, -0.05) is 30.3 Å². The molecule has 0 bridgehead atoms. The van der Waals surface area contributed by atoms with E-state index in [0.29, 0.717) is 22.6 Å². The van der Waals surface area contributed by atoms with Crippen molar-refractivity contribution in [3.63, 3.8) is 0 Å². The molecule has 0 heterocycles. The Balaban J connectivity index is 0.000000199. The standard InChI is InChI=1S/C15H14O3.C14H14O4S.C14H14O3.C14H14O2.2C8H10O2/c1-17-13-7-3-11(4-8-13)15(16)12-5-9-14(18-2)10-6-12;1-17-11-3-7-13(8-4-11)19(15,16)14-9-5-12(18-2)6-10-14;1-15-11-3-7-13(8-4-11)17-14-9-5-12(16-2)6-10-14;1-15-13-7-3-11(4-8-13)12-5-9-14(16-2)10-6-12;1-9-7-3-5-8(10-2)6-4-7;1-9-7-4-3-5-8(6-7)10-2/h3-10H,1-2H3;3-10H,1-2H3;3-10H,1-2H3;3-10H,1-2H3;2*3-6H,1-2H3. The van der Waals surface area contributed by atoms with E-state index in [-0.39, 0.29) is 15.6 Å². The van der Waals surface area contributed by atoms with Crippen molar-refractivity contribution in [3.05, 3.63) is 254 Å². The summed E-state index contributed by atoms with van der Waals surface area (Å²) in [6, 6.07) is 72.5. The summed E-state index contributed by atoms with van der Waals surface area (Å²) in [5.74, 6) is 11.0. The summed E-state index contributed by atoms with van der Waals surface area (Å²) in [5, 5.41) is 0. The van der Waals surface area contributed by atoms with Gasteiger partial charge in [-0.25, -0.2) is 8.42 Å². The average Bonchev–Trinajstić information content (AvgIpc) is 2.87. The summed E-state index contributed by atoms with van der Waals surface area (Å²) < 4.78 is 90.8. The SMILES string of the molecule is COc1ccc(-c2ccc(OC)cc2)cc1.COc1ccc(C(=O)c2ccc(OC)cc2)cc1.COc1ccc(OC)cc1.COc1ccc(Oc2ccc(OC)cc2)cc1.COc1ccc(S(=O)(=O)c2ccc(OC)cc2)cc1.COc1cccc(OC)c1. The fraction of sp³-hybridized carbons (Fsp3) is 0.164. The Kier molecular flexibility index (Phi) is 29.3. The molecule has 17 heteroatoms. The van der Waals surface area contributed by atoms with E-state index >= 15 is 0 Å². The Morgan fingerprint density at radius 3 is 0.644 bits per heavy atom. The smallest absolute Gasteiger partial charge is 0.206 e. The van der Waals surface area contributed by atoms with Gasteiger partial charge in [0.25, 0.3) is 0 Å². The Bertz CT molecular complexity index is 3500. The first kappa shape index (κ1) is 70.0. The van der Waals surface area contributed by atoms with Crippen molar-refractivity contribution in [1.29, 1.82) is 0 Å². The van der Waals surface area contributed by atoms with Gasteiger partial charge < -0.3 is 61.6 Å². The first-order valence-corrected chi connectivity index (χ1v) is 29.1. The third-order valence-electron chi connectivity index (χ3n) is 12.9. The van der Waals surface area contributed by atoms with Crippen LogP contribution in [-0.2, 0) is 9.84 Å². The van der Waals surface area contributed by atoms with Crippen molar-refractivity contribution >= 4 is 15.6 Å². The minimum Gasteiger partial charge on any atom is -0.497 e. The summed E-state index contributed by atoms with van der Waals surface area (Å²) in [6.07, 6.45) is 0. The summed E-state index contributed by atoms with van der Waals surface area (Å²) >= 11 is 0. The van der Waals surface area contributed by atoms with Crippen LogP contribution in [0.15, 0.2) is 252 Å². The number of hydrogen-bond acceptors (Lipinski definition) is 16. The molecule has 0 atom stereocenters. The van der Waals surface area contributed by atoms with Crippen molar-refractivity contribution in [1.82, 2.24) is 0 Å². The van der Waals surface area contributed by atoms with E-state index in [2.05, 4.69) is 0 Å². The molecule has 0 N–H and O–H groups in total. The fourth-order valence-corrected chi connectivity index (χ4v) is 8.99. The molecule has 0 fully saturated rings. The highest BCUT2D eigenvalue weighted by atomic mass is 32.2. The summed E-state index contributed by atoms with van der Waals surface area (Å²) in [6.45, 7) is 0. The van der Waals surface area contributed by atoms with Crippen LogP contribution in [0, 0.1) is 0 Å². The van der Waals surface area contributed by atoms with Gasteiger partial charge in [-0.2, -0.15) is 0 Å². The van der Waals surface area contributed by atoms with Crippen LogP contribution in [0.25, 0.3) is 11.1 Å². The zero-order chi connectivity index (χ0) is 65.1. The lowest BCUT2D eigenvalue weighted by molar-refractivity contribution is 0.103. The van der Waals surface area contributed by atoms with E-state index in [1.54, 1.807) is 144 Å². The lowest BCUT2D eigenvalue weighted by Gasteiger charge is -2.07. The molecule has 0 spiro atoms. The van der Waals surface area contributed by atoms with Gasteiger partial charge in [-0.3, -0.25) is 4.79 Å². The molecule has 0 unspecified atom stereocenters. The van der Waals surface area contributed by atoms with Crippen LogP contribution >= 0.6 is 0 Å². The van der Waals surface area contributed by atoms with Gasteiger partial charge >= 0.3 is 0 Å². The second-order valence-electron chi connectivity index (χ2n) is 18.3. The van der Waals surface area contributed by atoms with E-state index in [9.17, 15) is 13.2 Å². The van der Waals surface area contributed by atoms with Gasteiger partial charge in [-0.05, 0) is 217 Å². The minimum atomic E-state index is -3.50. The van der Waals surface area contributed by atoms with Gasteiger partial charge in [0.2, 0.25) is 9.84 Å². The maximum Gasteiger partial charge on any atom is 0.206 e. The van der Waals surface area contributed by atoms with Crippen LogP contribution in [-0.4, -0.2) is 99.5 Å².